The quantitative estimate of drug-likeness (QED) is 0.543. The second-order valence-electron chi connectivity index (χ2n) is 4.87. The summed E-state index contributed by atoms with van der Waals surface area (Å²) in [6, 6.07) is 6.83. The first-order valence-electron chi connectivity index (χ1n) is 6.92. The summed E-state index contributed by atoms with van der Waals surface area (Å²) in [5, 5.41) is 3.28. The molecule has 0 aliphatic heterocycles. The molecule has 5 heteroatoms. The Labute approximate surface area is 122 Å². The maximum absolute atomic E-state index is 12.1. The van der Waals surface area contributed by atoms with E-state index in [1.807, 2.05) is 19.1 Å². The molecule has 1 aromatic rings. The van der Waals surface area contributed by atoms with Crippen molar-refractivity contribution in [3.63, 3.8) is 0 Å². The zero-order valence-electron chi connectivity index (χ0n) is 12.2. The molecular formula is C15H24N2O2S. The Hall–Kier alpha value is -1.17. The van der Waals surface area contributed by atoms with E-state index >= 15 is 0 Å². The lowest BCUT2D eigenvalue weighted by Crippen LogP contribution is -2.32. The van der Waals surface area contributed by atoms with E-state index in [1.54, 1.807) is 18.2 Å². The van der Waals surface area contributed by atoms with Gasteiger partial charge in [-0.2, -0.15) is 0 Å². The number of nitrogens with one attached hydrogen (secondary N) is 2. The highest BCUT2D eigenvalue weighted by Gasteiger charge is 2.16. The van der Waals surface area contributed by atoms with Gasteiger partial charge in [0.1, 0.15) is 0 Å². The Morgan fingerprint density at radius 3 is 2.50 bits per heavy atom. The van der Waals surface area contributed by atoms with Crippen LogP contribution in [-0.2, 0) is 16.6 Å². The average molecular weight is 296 g/mol. The maximum Gasteiger partial charge on any atom is 0.240 e. The van der Waals surface area contributed by atoms with Crippen molar-refractivity contribution in [2.75, 3.05) is 6.54 Å². The fourth-order valence-corrected chi connectivity index (χ4v) is 3.08. The van der Waals surface area contributed by atoms with Crippen molar-refractivity contribution in [1.29, 1.82) is 0 Å². The molecule has 0 aromatic heterocycles. The van der Waals surface area contributed by atoms with E-state index in [-0.39, 0.29) is 6.04 Å². The van der Waals surface area contributed by atoms with Crippen molar-refractivity contribution in [3.8, 4) is 0 Å². The van der Waals surface area contributed by atoms with Gasteiger partial charge in [0.05, 0.1) is 4.90 Å². The third-order valence-electron chi connectivity index (χ3n) is 2.87. The van der Waals surface area contributed by atoms with Gasteiger partial charge in [0.25, 0.3) is 0 Å². The van der Waals surface area contributed by atoms with Gasteiger partial charge in [-0.25, -0.2) is 13.1 Å². The minimum atomic E-state index is -3.44. The Bertz CT molecular complexity index is 509. The van der Waals surface area contributed by atoms with E-state index in [4.69, 9.17) is 0 Å². The molecule has 1 rings (SSSR count). The molecule has 0 radical (unpaired) electrons. The summed E-state index contributed by atoms with van der Waals surface area (Å²) < 4.78 is 26.9. The lowest BCUT2D eigenvalue weighted by Gasteiger charge is -2.12. The molecule has 0 aliphatic rings. The summed E-state index contributed by atoms with van der Waals surface area (Å²) >= 11 is 0. The molecule has 20 heavy (non-hydrogen) atoms. The maximum atomic E-state index is 12.1. The molecule has 4 nitrogen and oxygen atoms in total. The summed E-state index contributed by atoms with van der Waals surface area (Å²) in [7, 11) is -3.44. The number of rotatable bonds is 9. The van der Waals surface area contributed by atoms with Crippen LogP contribution in [0.3, 0.4) is 0 Å². The lowest BCUT2D eigenvalue weighted by molar-refractivity contribution is 0.562. The predicted octanol–water partition coefficient (Wildman–Crippen LogP) is 2.43. The standard InChI is InChI=1S/C15H24N2O2S/c1-4-6-13(3)17-20(18,19)15-9-7-14(8-10-15)12-16-11-5-2/h4,7-10,13,16-17H,1,5-6,11-12H2,2-3H3. The molecule has 0 saturated heterocycles. The van der Waals surface area contributed by atoms with Gasteiger partial charge >= 0.3 is 0 Å². The molecule has 0 fully saturated rings. The van der Waals surface area contributed by atoms with E-state index in [9.17, 15) is 8.42 Å². The van der Waals surface area contributed by atoms with Crippen molar-refractivity contribution in [3.05, 3.63) is 42.5 Å². The van der Waals surface area contributed by atoms with Crippen molar-refractivity contribution < 1.29 is 8.42 Å². The molecule has 0 saturated carbocycles. The van der Waals surface area contributed by atoms with Gasteiger partial charge in [-0.3, -0.25) is 0 Å². The van der Waals surface area contributed by atoms with Crippen molar-refractivity contribution >= 4 is 10.0 Å². The molecule has 2 N–H and O–H groups in total. The van der Waals surface area contributed by atoms with Gasteiger partial charge < -0.3 is 5.32 Å². The lowest BCUT2D eigenvalue weighted by atomic mass is 10.2. The van der Waals surface area contributed by atoms with Gasteiger partial charge in [0, 0.05) is 12.6 Å². The van der Waals surface area contributed by atoms with Crippen LogP contribution in [0.1, 0.15) is 32.3 Å². The molecule has 0 aliphatic carbocycles. The van der Waals surface area contributed by atoms with Gasteiger partial charge in [-0.05, 0) is 44.0 Å². The van der Waals surface area contributed by atoms with Crippen LogP contribution in [0.4, 0.5) is 0 Å². The van der Waals surface area contributed by atoms with E-state index in [0.29, 0.717) is 11.3 Å². The highest BCUT2D eigenvalue weighted by molar-refractivity contribution is 7.89. The Morgan fingerprint density at radius 1 is 1.30 bits per heavy atom. The third-order valence-corrected chi connectivity index (χ3v) is 4.47. The Morgan fingerprint density at radius 2 is 1.95 bits per heavy atom. The average Bonchev–Trinajstić information content (AvgIpc) is 2.39. The molecule has 1 atom stereocenters. The smallest absolute Gasteiger partial charge is 0.240 e. The number of hydrogen-bond acceptors (Lipinski definition) is 3. The van der Waals surface area contributed by atoms with E-state index < -0.39 is 10.0 Å². The zero-order valence-corrected chi connectivity index (χ0v) is 13.0. The summed E-state index contributed by atoms with van der Waals surface area (Å²) in [6.07, 6.45) is 3.39. The van der Waals surface area contributed by atoms with Crippen LogP contribution in [0.2, 0.25) is 0 Å². The first kappa shape index (κ1) is 16.9. The van der Waals surface area contributed by atoms with Crippen molar-refractivity contribution in [1.82, 2.24) is 10.0 Å². The minimum absolute atomic E-state index is 0.150. The molecule has 1 unspecified atom stereocenters. The monoisotopic (exact) mass is 296 g/mol. The van der Waals surface area contributed by atoms with Crippen molar-refractivity contribution in [2.24, 2.45) is 0 Å². The van der Waals surface area contributed by atoms with E-state index in [1.165, 1.54) is 0 Å². The largest absolute Gasteiger partial charge is 0.313 e. The molecule has 0 bridgehead atoms. The SMILES string of the molecule is C=CCC(C)NS(=O)(=O)c1ccc(CNCCC)cc1. The molecule has 112 valence electrons. The zero-order chi connectivity index (χ0) is 15.0. The van der Waals surface area contributed by atoms with Crippen LogP contribution < -0.4 is 10.0 Å². The van der Waals surface area contributed by atoms with Gasteiger partial charge in [0.2, 0.25) is 10.0 Å². The molecule has 0 spiro atoms. The highest BCUT2D eigenvalue weighted by atomic mass is 32.2. The Balaban J connectivity index is 2.69. The van der Waals surface area contributed by atoms with Crippen LogP contribution in [0.15, 0.2) is 41.8 Å². The van der Waals surface area contributed by atoms with Crippen LogP contribution in [0, 0.1) is 0 Å². The minimum Gasteiger partial charge on any atom is -0.313 e. The second-order valence-corrected chi connectivity index (χ2v) is 6.58. The summed E-state index contributed by atoms with van der Waals surface area (Å²) in [6.45, 7) is 9.26. The van der Waals surface area contributed by atoms with Gasteiger partial charge in [0.15, 0.2) is 0 Å². The van der Waals surface area contributed by atoms with Crippen LogP contribution >= 0.6 is 0 Å². The molecule has 0 amide bonds. The first-order valence-corrected chi connectivity index (χ1v) is 8.40. The fraction of sp³-hybridized carbons (Fsp3) is 0.467. The topological polar surface area (TPSA) is 58.2 Å². The van der Waals surface area contributed by atoms with E-state index in [0.717, 1.165) is 25.1 Å². The van der Waals surface area contributed by atoms with Gasteiger partial charge in [-0.15, -0.1) is 6.58 Å². The van der Waals surface area contributed by atoms with Gasteiger partial charge in [-0.1, -0.05) is 25.1 Å². The Kier molecular flexibility index (Phi) is 6.91. The summed E-state index contributed by atoms with van der Waals surface area (Å²) in [5.74, 6) is 0. The highest BCUT2D eigenvalue weighted by Crippen LogP contribution is 2.11. The normalized spacial score (nSPS) is 13.1. The van der Waals surface area contributed by atoms with E-state index in [2.05, 4.69) is 23.5 Å². The summed E-state index contributed by atoms with van der Waals surface area (Å²) in [4.78, 5) is 0.299. The molecular weight excluding hydrogens is 272 g/mol. The second kappa shape index (κ2) is 8.19. The first-order chi connectivity index (χ1) is 9.49. The number of hydrogen-bond donors (Lipinski definition) is 2. The van der Waals surface area contributed by atoms with Crippen LogP contribution in [0.25, 0.3) is 0 Å². The van der Waals surface area contributed by atoms with Crippen molar-refractivity contribution in [2.45, 2.75) is 44.2 Å². The summed E-state index contributed by atoms with van der Waals surface area (Å²) in [5.41, 5.74) is 1.08. The number of sulfonamides is 1. The molecule has 1 aromatic carbocycles. The fourth-order valence-electron chi connectivity index (χ4n) is 1.83. The number of benzene rings is 1. The van der Waals surface area contributed by atoms with Crippen LogP contribution in [-0.4, -0.2) is 21.0 Å². The van der Waals surface area contributed by atoms with Crippen LogP contribution in [0.5, 0.6) is 0 Å². The predicted molar refractivity (Wildman–Crippen MR) is 83.0 cm³/mol. The molecule has 0 heterocycles. The third kappa shape index (κ3) is 5.45.